The maximum atomic E-state index is 13.6. The number of para-hydroxylation sites is 1. The van der Waals surface area contributed by atoms with Crippen LogP contribution in [0.1, 0.15) is 11.6 Å². The number of anilines is 2. The van der Waals surface area contributed by atoms with Gasteiger partial charge in [-0.2, -0.15) is 0 Å². The first-order valence-corrected chi connectivity index (χ1v) is 10.7. The van der Waals surface area contributed by atoms with E-state index in [1.165, 1.54) is 47.5 Å². The topological polar surface area (TPSA) is 136 Å². The van der Waals surface area contributed by atoms with E-state index in [0.717, 1.165) is 4.90 Å². The van der Waals surface area contributed by atoms with E-state index in [1.807, 2.05) is 0 Å². The Morgan fingerprint density at radius 2 is 1.43 bits per heavy atom. The lowest BCUT2D eigenvalue weighted by atomic mass is 9.90. The monoisotopic (exact) mass is 494 g/mol. The molecule has 0 spiro atoms. The fourth-order valence-corrected chi connectivity index (χ4v) is 4.61. The number of benzene rings is 3. The number of fused-ring (bicyclic) bond motifs is 1. The van der Waals surface area contributed by atoms with E-state index in [0.29, 0.717) is 5.69 Å². The molecule has 3 atom stereocenters. The van der Waals surface area contributed by atoms with Gasteiger partial charge in [0.25, 0.3) is 17.3 Å². The van der Waals surface area contributed by atoms with Crippen LogP contribution in [-0.4, -0.2) is 27.8 Å². The molecule has 176 valence electrons. The van der Waals surface area contributed by atoms with Gasteiger partial charge in [0, 0.05) is 34.9 Å². The van der Waals surface area contributed by atoms with Crippen LogP contribution in [0.3, 0.4) is 0 Å². The second kappa shape index (κ2) is 8.46. The lowest BCUT2D eigenvalue weighted by Crippen LogP contribution is -2.37. The fraction of sp³-hybridized carbons (Fsp3) is 0.130. The Morgan fingerprint density at radius 3 is 2.06 bits per heavy atom. The number of rotatable bonds is 5. The number of nitrogens with zero attached hydrogens (tertiary/aromatic N) is 4. The Hall–Kier alpha value is -4.35. The first-order valence-electron chi connectivity index (χ1n) is 10.3. The molecule has 2 aliphatic heterocycles. The molecule has 12 heteroatoms. The molecule has 0 radical (unpaired) electrons. The van der Waals surface area contributed by atoms with Crippen LogP contribution in [-0.2, 0) is 14.4 Å². The maximum absolute atomic E-state index is 13.6. The number of imide groups is 1. The molecule has 2 fully saturated rings. The standard InChI is InChI=1S/C23H15ClN4O7/c24-18-11-10-16(28(33)34)12-17(18)20-19-21(35-26(20)14-4-2-1-3-5-14)23(30)25(22(19)29)13-6-8-15(9-7-13)27(31)32/h1-12,19-21H/t19-,20-,21+/m1/s1. The number of nitro benzene ring substituents is 2. The number of carbonyl (C=O) groups excluding carboxylic acids is 2. The molecule has 0 aliphatic carbocycles. The average molecular weight is 495 g/mol. The number of hydroxylamine groups is 1. The van der Waals surface area contributed by atoms with E-state index in [9.17, 15) is 29.8 Å². The van der Waals surface area contributed by atoms with Gasteiger partial charge in [-0.3, -0.25) is 34.7 Å². The van der Waals surface area contributed by atoms with E-state index in [2.05, 4.69) is 0 Å². The largest absolute Gasteiger partial charge is 0.273 e. The van der Waals surface area contributed by atoms with Crippen LogP contribution < -0.4 is 9.96 Å². The lowest BCUT2D eigenvalue weighted by molar-refractivity contribution is -0.385. The minimum absolute atomic E-state index is 0.152. The molecule has 5 rings (SSSR count). The molecular weight excluding hydrogens is 480 g/mol. The summed E-state index contributed by atoms with van der Waals surface area (Å²) in [7, 11) is 0. The predicted molar refractivity (Wildman–Crippen MR) is 124 cm³/mol. The highest BCUT2D eigenvalue weighted by atomic mass is 35.5. The summed E-state index contributed by atoms with van der Waals surface area (Å²) in [5.74, 6) is -2.34. The first-order chi connectivity index (χ1) is 16.8. The minimum atomic E-state index is -1.22. The SMILES string of the molecule is O=C1[C@H]2[C@H](ON(c3ccccc3)[C@@H]2c2cc([N+](=O)[O-])ccc2Cl)C(=O)N1c1ccc([N+](=O)[O-])cc1. The number of carbonyl (C=O) groups is 2. The van der Waals surface area contributed by atoms with Gasteiger partial charge in [-0.05, 0) is 30.3 Å². The number of hydrogen-bond acceptors (Lipinski definition) is 8. The second-order valence-electron chi connectivity index (χ2n) is 7.91. The van der Waals surface area contributed by atoms with Crippen molar-refractivity contribution in [3.63, 3.8) is 0 Å². The summed E-state index contributed by atoms with van der Waals surface area (Å²) in [6, 6.07) is 16.6. The van der Waals surface area contributed by atoms with Gasteiger partial charge in [0.15, 0.2) is 6.10 Å². The normalized spacial score (nSPS) is 21.3. The molecule has 0 N–H and O–H groups in total. The van der Waals surface area contributed by atoms with E-state index in [1.54, 1.807) is 30.3 Å². The van der Waals surface area contributed by atoms with Gasteiger partial charge >= 0.3 is 0 Å². The van der Waals surface area contributed by atoms with Crippen molar-refractivity contribution in [2.75, 3.05) is 9.96 Å². The third-order valence-corrected chi connectivity index (χ3v) is 6.30. The third kappa shape index (κ3) is 3.66. The number of non-ortho nitro benzene ring substituents is 2. The number of hydrogen-bond donors (Lipinski definition) is 0. The Balaban J connectivity index is 1.60. The first kappa shape index (κ1) is 22.4. The third-order valence-electron chi connectivity index (χ3n) is 5.95. The van der Waals surface area contributed by atoms with Crippen molar-refractivity contribution in [1.82, 2.24) is 0 Å². The minimum Gasteiger partial charge on any atom is -0.273 e. The van der Waals surface area contributed by atoms with Crippen LogP contribution in [0.25, 0.3) is 0 Å². The van der Waals surface area contributed by atoms with E-state index in [4.69, 9.17) is 16.4 Å². The Morgan fingerprint density at radius 1 is 0.800 bits per heavy atom. The summed E-state index contributed by atoms with van der Waals surface area (Å²) in [5.41, 5.74) is 0.505. The maximum Gasteiger partial charge on any atom is 0.269 e. The zero-order valence-electron chi connectivity index (χ0n) is 17.7. The summed E-state index contributed by atoms with van der Waals surface area (Å²) in [6.45, 7) is 0. The molecule has 3 aromatic rings. The van der Waals surface area contributed by atoms with Gasteiger partial charge in [-0.15, -0.1) is 0 Å². The van der Waals surface area contributed by atoms with Crippen LogP contribution in [0.5, 0.6) is 0 Å². The molecule has 2 saturated heterocycles. The van der Waals surface area contributed by atoms with Crippen molar-refractivity contribution in [1.29, 1.82) is 0 Å². The smallest absolute Gasteiger partial charge is 0.269 e. The molecule has 11 nitrogen and oxygen atoms in total. The van der Waals surface area contributed by atoms with E-state index < -0.39 is 39.7 Å². The highest BCUT2D eigenvalue weighted by Crippen LogP contribution is 2.49. The average Bonchev–Trinajstić information content (AvgIpc) is 3.35. The van der Waals surface area contributed by atoms with Crippen LogP contribution >= 0.6 is 11.6 Å². The van der Waals surface area contributed by atoms with E-state index >= 15 is 0 Å². The summed E-state index contributed by atoms with van der Waals surface area (Å²) in [6.07, 6.45) is -1.22. The molecule has 0 saturated carbocycles. The molecule has 2 aliphatic rings. The number of halogens is 1. The highest BCUT2D eigenvalue weighted by Gasteiger charge is 2.60. The lowest BCUT2D eigenvalue weighted by Gasteiger charge is -2.29. The van der Waals surface area contributed by atoms with Crippen molar-refractivity contribution < 1.29 is 24.3 Å². The molecule has 2 amide bonds. The quantitative estimate of drug-likeness (QED) is 0.292. The summed E-state index contributed by atoms with van der Waals surface area (Å²) >= 11 is 6.43. The van der Waals surface area contributed by atoms with Gasteiger partial charge in [-0.25, -0.2) is 9.96 Å². The Kier molecular flexibility index (Phi) is 5.42. The Bertz CT molecular complexity index is 1370. The fourth-order valence-electron chi connectivity index (χ4n) is 4.38. The predicted octanol–water partition coefficient (Wildman–Crippen LogP) is 4.21. The van der Waals surface area contributed by atoms with Gasteiger partial charge < -0.3 is 0 Å². The molecule has 0 unspecified atom stereocenters. The summed E-state index contributed by atoms with van der Waals surface area (Å²) in [5, 5.41) is 23.9. The van der Waals surface area contributed by atoms with Crippen molar-refractivity contribution >= 4 is 46.2 Å². The molecule has 0 bridgehead atoms. The summed E-state index contributed by atoms with van der Waals surface area (Å²) in [4.78, 5) is 55.0. The van der Waals surface area contributed by atoms with Crippen LogP contribution in [0, 0.1) is 26.1 Å². The molecule has 3 aromatic carbocycles. The number of amides is 2. The van der Waals surface area contributed by atoms with Crippen LogP contribution in [0.4, 0.5) is 22.7 Å². The van der Waals surface area contributed by atoms with Gasteiger partial charge in [-0.1, -0.05) is 29.8 Å². The zero-order chi connectivity index (χ0) is 24.9. The van der Waals surface area contributed by atoms with Crippen molar-refractivity contribution in [2.45, 2.75) is 12.1 Å². The van der Waals surface area contributed by atoms with Gasteiger partial charge in [0.2, 0.25) is 5.91 Å². The highest BCUT2D eigenvalue weighted by molar-refractivity contribution is 6.31. The molecule has 2 heterocycles. The second-order valence-corrected chi connectivity index (χ2v) is 8.31. The van der Waals surface area contributed by atoms with Gasteiger partial charge in [0.1, 0.15) is 5.92 Å². The molecular formula is C23H15ClN4O7. The molecule has 35 heavy (non-hydrogen) atoms. The number of nitro groups is 2. The van der Waals surface area contributed by atoms with Crippen LogP contribution in [0.2, 0.25) is 5.02 Å². The van der Waals surface area contributed by atoms with E-state index in [-0.39, 0.29) is 27.6 Å². The van der Waals surface area contributed by atoms with Crippen molar-refractivity contribution in [3.05, 3.63) is 104 Å². The van der Waals surface area contributed by atoms with Crippen molar-refractivity contribution in [2.24, 2.45) is 5.92 Å². The zero-order valence-corrected chi connectivity index (χ0v) is 18.4. The Labute approximate surface area is 202 Å². The van der Waals surface area contributed by atoms with Crippen molar-refractivity contribution in [3.8, 4) is 0 Å². The summed E-state index contributed by atoms with van der Waals surface area (Å²) < 4.78 is 0. The molecule has 0 aromatic heterocycles. The van der Waals surface area contributed by atoms with Gasteiger partial charge in [0.05, 0.1) is 27.3 Å². The van der Waals surface area contributed by atoms with Crippen LogP contribution in [0.15, 0.2) is 72.8 Å².